The fourth-order valence-corrected chi connectivity index (χ4v) is 2.92. The number of nitrogens with zero attached hydrogens (tertiary/aromatic N) is 2. The number of carbonyl (C=O) groups excluding carboxylic acids is 1. The van der Waals surface area contributed by atoms with Crippen LogP contribution in [0.2, 0.25) is 5.02 Å². The highest BCUT2D eigenvalue weighted by Gasteiger charge is 2.26. The zero-order chi connectivity index (χ0) is 17.8. The van der Waals surface area contributed by atoms with E-state index in [1.165, 1.54) is 6.33 Å². The van der Waals surface area contributed by atoms with Gasteiger partial charge in [-0.25, -0.2) is 4.98 Å². The minimum atomic E-state index is -0.210. The first-order valence-corrected chi connectivity index (χ1v) is 8.45. The largest absolute Gasteiger partial charge is 0.493 e. The standard InChI is InChI=1S/C17H19ClN4O3/c18-11-2-3-12(15(8-11)25-7-1-5-19)17(24)22-6-4-14-13(9-22)16(23)21-10-20-14/h2-3,8,10H,1,4-7,9,19H2,(H,20,21,23). The number of nitrogens with one attached hydrogen (secondary N) is 1. The molecule has 1 aliphatic heterocycles. The molecule has 3 rings (SSSR count). The van der Waals surface area contributed by atoms with Crippen LogP contribution in [0.15, 0.2) is 29.3 Å². The Morgan fingerprint density at radius 1 is 1.44 bits per heavy atom. The van der Waals surface area contributed by atoms with E-state index in [0.717, 1.165) is 5.69 Å². The number of ether oxygens (including phenoxy) is 1. The predicted octanol–water partition coefficient (Wildman–Crippen LogP) is 1.35. The van der Waals surface area contributed by atoms with Gasteiger partial charge in [0.25, 0.3) is 11.5 Å². The van der Waals surface area contributed by atoms with Gasteiger partial charge in [0.1, 0.15) is 5.75 Å². The Morgan fingerprint density at radius 2 is 2.28 bits per heavy atom. The molecule has 1 aromatic heterocycles. The van der Waals surface area contributed by atoms with Crippen LogP contribution in [-0.2, 0) is 13.0 Å². The molecule has 0 fully saturated rings. The maximum absolute atomic E-state index is 12.9. The van der Waals surface area contributed by atoms with Gasteiger partial charge < -0.3 is 20.4 Å². The van der Waals surface area contributed by atoms with Crippen molar-refractivity contribution in [1.29, 1.82) is 0 Å². The van der Waals surface area contributed by atoms with Gasteiger partial charge in [-0.2, -0.15) is 0 Å². The number of halogens is 1. The number of hydrogen-bond donors (Lipinski definition) is 2. The Kier molecular flexibility index (Phi) is 5.35. The van der Waals surface area contributed by atoms with Crippen LogP contribution in [-0.4, -0.2) is 40.5 Å². The molecule has 2 aromatic rings. The van der Waals surface area contributed by atoms with Crippen molar-refractivity contribution in [1.82, 2.24) is 14.9 Å². The summed E-state index contributed by atoms with van der Waals surface area (Å²) < 4.78 is 5.67. The Labute approximate surface area is 149 Å². The van der Waals surface area contributed by atoms with Crippen LogP contribution in [0, 0.1) is 0 Å². The third kappa shape index (κ3) is 3.83. The van der Waals surface area contributed by atoms with Gasteiger partial charge in [-0.15, -0.1) is 0 Å². The first-order chi connectivity index (χ1) is 12.1. The van der Waals surface area contributed by atoms with Crippen LogP contribution in [0.25, 0.3) is 0 Å². The number of rotatable bonds is 5. The molecular weight excluding hydrogens is 344 g/mol. The van der Waals surface area contributed by atoms with Crippen LogP contribution < -0.4 is 16.0 Å². The van der Waals surface area contributed by atoms with Crippen molar-refractivity contribution in [3.8, 4) is 5.75 Å². The zero-order valence-corrected chi connectivity index (χ0v) is 14.4. The number of carbonyl (C=O) groups is 1. The summed E-state index contributed by atoms with van der Waals surface area (Å²) in [7, 11) is 0. The highest BCUT2D eigenvalue weighted by Crippen LogP contribution is 2.26. The van der Waals surface area contributed by atoms with Gasteiger partial charge >= 0.3 is 0 Å². The summed E-state index contributed by atoms with van der Waals surface area (Å²) in [6, 6.07) is 4.92. The summed E-state index contributed by atoms with van der Waals surface area (Å²) in [6.45, 7) is 1.63. The van der Waals surface area contributed by atoms with E-state index in [1.54, 1.807) is 23.1 Å². The third-order valence-electron chi connectivity index (χ3n) is 4.07. The molecule has 0 radical (unpaired) electrons. The van der Waals surface area contributed by atoms with Gasteiger partial charge in [0.2, 0.25) is 0 Å². The van der Waals surface area contributed by atoms with Crippen molar-refractivity contribution < 1.29 is 9.53 Å². The molecule has 8 heteroatoms. The minimum Gasteiger partial charge on any atom is -0.493 e. The highest BCUT2D eigenvalue weighted by molar-refractivity contribution is 6.30. The molecule has 1 amide bonds. The lowest BCUT2D eigenvalue weighted by Crippen LogP contribution is -2.39. The summed E-state index contributed by atoms with van der Waals surface area (Å²) in [6.07, 6.45) is 2.61. The molecule has 132 valence electrons. The van der Waals surface area contributed by atoms with E-state index in [-0.39, 0.29) is 18.0 Å². The summed E-state index contributed by atoms with van der Waals surface area (Å²) in [5.41, 5.74) is 6.96. The Hall–Kier alpha value is -2.38. The van der Waals surface area contributed by atoms with Crippen molar-refractivity contribution in [3.63, 3.8) is 0 Å². The third-order valence-corrected chi connectivity index (χ3v) is 4.31. The highest BCUT2D eigenvalue weighted by atomic mass is 35.5. The summed E-state index contributed by atoms with van der Waals surface area (Å²) >= 11 is 6.02. The molecule has 0 atom stereocenters. The van der Waals surface area contributed by atoms with Gasteiger partial charge in [0, 0.05) is 18.0 Å². The van der Waals surface area contributed by atoms with Gasteiger partial charge in [-0.05, 0) is 31.2 Å². The van der Waals surface area contributed by atoms with Crippen LogP contribution in [0.1, 0.15) is 28.0 Å². The molecule has 0 aliphatic carbocycles. The van der Waals surface area contributed by atoms with Crippen molar-refractivity contribution in [2.24, 2.45) is 5.73 Å². The van der Waals surface area contributed by atoms with E-state index in [0.29, 0.717) is 54.4 Å². The average molecular weight is 363 g/mol. The number of H-pyrrole nitrogens is 1. The number of aromatic nitrogens is 2. The lowest BCUT2D eigenvalue weighted by atomic mass is 10.1. The first-order valence-electron chi connectivity index (χ1n) is 8.07. The second-order valence-electron chi connectivity index (χ2n) is 5.76. The molecule has 0 unspecified atom stereocenters. The molecule has 1 aliphatic rings. The Balaban J connectivity index is 1.84. The lowest BCUT2D eigenvalue weighted by molar-refractivity contribution is 0.0728. The van der Waals surface area contributed by atoms with Crippen LogP contribution >= 0.6 is 11.6 Å². The molecule has 0 spiro atoms. The zero-order valence-electron chi connectivity index (χ0n) is 13.6. The second kappa shape index (κ2) is 7.67. The van der Waals surface area contributed by atoms with Gasteiger partial charge in [-0.3, -0.25) is 9.59 Å². The number of nitrogens with two attached hydrogens (primary N) is 1. The predicted molar refractivity (Wildman–Crippen MR) is 93.9 cm³/mol. The topological polar surface area (TPSA) is 101 Å². The van der Waals surface area contributed by atoms with Crippen LogP contribution in [0.3, 0.4) is 0 Å². The number of amides is 1. The summed E-state index contributed by atoms with van der Waals surface area (Å²) in [5.74, 6) is 0.227. The van der Waals surface area contributed by atoms with E-state index in [4.69, 9.17) is 22.1 Å². The maximum Gasteiger partial charge on any atom is 0.257 e. The number of hydrogen-bond acceptors (Lipinski definition) is 5. The van der Waals surface area contributed by atoms with E-state index in [2.05, 4.69) is 9.97 Å². The summed E-state index contributed by atoms with van der Waals surface area (Å²) in [5, 5.41) is 0.490. The maximum atomic E-state index is 12.9. The molecule has 3 N–H and O–H groups in total. The monoisotopic (exact) mass is 362 g/mol. The first kappa shape index (κ1) is 17.4. The normalized spacial score (nSPS) is 13.4. The van der Waals surface area contributed by atoms with Crippen molar-refractivity contribution in [2.45, 2.75) is 19.4 Å². The molecule has 0 bridgehead atoms. The molecule has 2 heterocycles. The van der Waals surface area contributed by atoms with Crippen molar-refractivity contribution in [2.75, 3.05) is 19.7 Å². The van der Waals surface area contributed by atoms with Gasteiger partial charge in [-0.1, -0.05) is 11.6 Å². The average Bonchev–Trinajstić information content (AvgIpc) is 2.62. The van der Waals surface area contributed by atoms with E-state index in [1.807, 2.05) is 0 Å². The Bertz CT molecular complexity index is 837. The molecule has 1 aromatic carbocycles. The fourth-order valence-electron chi connectivity index (χ4n) is 2.76. The molecule has 25 heavy (non-hydrogen) atoms. The molecular formula is C17H19ClN4O3. The quantitative estimate of drug-likeness (QED) is 0.782. The van der Waals surface area contributed by atoms with Crippen molar-refractivity contribution >= 4 is 17.5 Å². The van der Waals surface area contributed by atoms with E-state index in [9.17, 15) is 9.59 Å². The van der Waals surface area contributed by atoms with Crippen molar-refractivity contribution in [3.05, 3.63) is 56.7 Å². The lowest BCUT2D eigenvalue weighted by Gasteiger charge is -2.28. The van der Waals surface area contributed by atoms with E-state index >= 15 is 0 Å². The molecule has 7 nitrogen and oxygen atoms in total. The Morgan fingerprint density at radius 3 is 3.08 bits per heavy atom. The summed E-state index contributed by atoms with van der Waals surface area (Å²) in [4.78, 5) is 33.3. The SMILES string of the molecule is NCCCOc1cc(Cl)ccc1C(=O)N1CCc2nc[nH]c(=O)c2C1. The van der Waals surface area contributed by atoms with Crippen LogP contribution in [0.5, 0.6) is 5.75 Å². The number of benzene rings is 1. The minimum absolute atomic E-state index is 0.201. The van der Waals surface area contributed by atoms with Crippen LogP contribution in [0.4, 0.5) is 0 Å². The fraction of sp³-hybridized carbons (Fsp3) is 0.353. The van der Waals surface area contributed by atoms with Gasteiger partial charge in [0.05, 0.1) is 36.3 Å². The number of fused-ring (bicyclic) bond motifs is 1. The molecule has 0 saturated carbocycles. The van der Waals surface area contributed by atoms with Gasteiger partial charge in [0.15, 0.2) is 0 Å². The van der Waals surface area contributed by atoms with E-state index < -0.39 is 0 Å². The second-order valence-corrected chi connectivity index (χ2v) is 6.20. The smallest absolute Gasteiger partial charge is 0.257 e. The molecule has 0 saturated heterocycles. The number of aromatic amines is 1.